The molecule has 2 rings (SSSR count). The highest BCUT2D eigenvalue weighted by Crippen LogP contribution is 2.17. The number of nitrogens with one attached hydrogen (secondary N) is 1. The highest BCUT2D eigenvalue weighted by Gasteiger charge is 2.19. The van der Waals surface area contributed by atoms with Gasteiger partial charge in [0.25, 0.3) is 5.91 Å². The third kappa shape index (κ3) is 6.44. The zero-order valence-corrected chi connectivity index (χ0v) is 16.2. The molecule has 0 aliphatic carbocycles. The molecule has 0 radical (unpaired) electrons. The van der Waals surface area contributed by atoms with E-state index in [9.17, 15) is 9.59 Å². The monoisotopic (exact) mass is 369 g/mol. The Labute approximate surface area is 160 Å². The first-order valence-corrected chi connectivity index (χ1v) is 9.34. The fourth-order valence-electron chi connectivity index (χ4n) is 2.48. The lowest BCUT2D eigenvalue weighted by Crippen LogP contribution is -2.32. The van der Waals surface area contributed by atoms with Crippen LogP contribution in [-0.2, 0) is 9.53 Å². The lowest BCUT2D eigenvalue weighted by Gasteiger charge is -2.17. The third-order valence-corrected chi connectivity index (χ3v) is 4.05. The van der Waals surface area contributed by atoms with Gasteiger partial charge in [-0.15, -0.1) is 0 Å². The van der Waals surface area contributed by atoms with E-state index in [0.29, 0.717) is 30.0 Å². The highest BCUT2D eigenvalue weighted by molar-refractivity contribution is 5.95. The van der Waals surface area contributed by atoms with Crippen LogP contribution in [0.3, 0.4) is 0 Å². The maximum absolute atomic E-state index is 12.5. The highest BCUT2D eigenvalue weighted by atomic mass is 16.5. The van der Waals surface area contributed by atoms with Crippen molar-refractivity contribution >= 4 is 17.6 Å². The van der Waals surface area contributed by atoms with Gasteiger partial charge in [-0.2, -0.15) is 0 Å². The van der Waals surface area contributed by atoms with Gasteiger partial charge in [0.2, 0.25) is 0 Å². The molecule has 27 heavy (non-hydrogen) atoms. The summed E-state index contributed by atoms with van der Waals surface area (Å²) in [5.41, 5.74) is 2.15. The van der Waals surface area contributed by atoms with Gasteiger partial charge in [-0.25, -0.2) is 4.79 Å². The molecular weight excluding hydrogens is 342 g/mol. The van der Waals surface area contributed by atoms with Gasteiger partial charge in [0.15, 0.2) is 6.10 Å². The van der Waals surface area contributed by atoms with Crippen LogP contribution < -0.4 is 10.1 Å². The number of esters is 1. The molecule has 0 aliphatic rings. The second-order valence-corrected chi connectivity index (χ2v) is 6.39. The van der Waals surface area contributed by atoms with E-state index in [0.717, 1.165) is 18.4 Å². The molecule has 0 aliphatic heterocycles. The molecule has 5 heteroatoms. The molecule has 2 aromatic carbocycles. The molecule has 1 N–H and O–H groups in total. The average Bonchev–Trinajstić information content (AvgIpc) is 2.66. The van der Waals surface area contributed by atoms with Gasteiger partial charge in [-0.1, -0.05) is 32.4 Å². The summed E-state index contributed by atoms with van der Waals surface area (Å²) in [6, 6.07) is 14.3. The van der Waals surface area contributed by atoms with E-state index in [-0.39, 0.29) is 11.9 Å². The predicted molar refractivity (Wildman–Crippen MR) is 106 cm³/mol. The fraction of sp³-hybridized carbons (Fsp3) is 0.364. The van der Waals surface area contributed by atoms with Crippen LogP contribution >= 0.6 is 0 Å². The van der Waals surface area contributed by atoms with Crippen LogP contribution in [0.1, 0.15) is 49.0 Å². The fourth-order valence-corrected chi connectivity index (χ4v) is 2.48. The van der Waals surface area contributed by atoms with Gasteiger partial charge in [0.1, 0.15) is 5.75 Å². The summed E-state index contributed by atoms with van der Waals surface area (Å²) in [7, 11) is 0. The number of hydrogen-bond acceptors (Lipinski definition) is 4. The summed E-state index contributed by atoms with van der Waals surface area (Å²) in [6.45, 7) is 6.33. The Bertz CT molecular complexity index is 755. The summed E-state index contributed by atoms with van der Waals surface area (Å²) in [5, 5.41) is 2.83. The van der Waals surface area contributed by atoms with E-state index >= 15 is 0 Å². The van der Waals surface area contributed by atoms with Gasteiger partial charge in [-0.3, -0.25) is 4.79 Å². The average molecular weight is 369 g/mol. The molecule has 0 saturated carbocycles. The predicted octanol–water partition coefficient (Wildman–Crippen LogP) is 4.75. The quantitative estimate of drug-likeness (QED) is 0.512. The van der Waals surface area contributed by atoms with Crippen LogP contribution in [0.2, 0.25) is 0 Å². The minimum absolute atomic E-state index is 0.225. The lowest BCUT2D eigenvalue weighted by atomic mass is 10.2. The summed E-state index contributed by atoms with van der Waals surface area (Å²) < 4.78 is 11.0. The van der Waals surface area contributed by atoms with Crippen LogP contribution in [0.25, 0.3) is 0 Å². The first kappa shape index (κ1) is 20.5. The van der Waals surface area contributed by atoms with Crippen molar-refractivity contribution in [3.05, 3.63) is 59.7 Å². The SMILES string of the molecule is CCCCOC(=O)c1ccc(NC(=O)[C@H](CC)Oc2cccc(C)c2)cc1. The molecule has 1 atom stereocenters. The summed E-state index contributed by atoms with van der Waals surface area (Å²) in [5.74, 6) is 0.0926. The molecule has 0 aromatic heterocycles. The van der Waals surface area contributed by atoms with Crippen molar-refractivity contribution in [2.24, 2.45) is 0 Å². The Morgan fingerprint density at radius 1 is 1.07 bits per heavy atom. The first-order chi connectivity index (χ1) is 13.0. The molecule has 144 valence electrons. The van der Waals surface area contributed by atoms with Crippen LogP contribution in [0.4, 0.5) is 5.69 Å². The third-order valence-electron chi connectivity index (χ3n) is 4.05. The number of benzene rings is 2. The summed E-state index contributed by atoms with van der Waals surface area (Å²) >= 11 is 0. The van der Waals surface area contributed by atoms with Crippen molar-refractivity contribution in [3.63, 3.8) is 0 Å². The minimum Gasteiger partial charge on any atom is -0.481 e. The molecule has 0 unspecified atom stereocenters. The van der Waals surface area contributed by atoms with Crippen LogP contribution in [0, 0.1) is 6.92 Å². The van der Waals surface area contributed by atoms with Crippen LogP contribution in [0.5, 0.6) is 5.75 Å². The number of unbranched alkanes of at least 4 members (excludes halogenated alkanes) is 1. The molecule has 0 fully saturated rings. The van der Waals surface area contributed by atoms with Crippen molar-refractivity contribution in [1.29, 1.82) is 0 Å². The van der Waals surface area contributed by atoms with E-state index in [1.54, 1.807) is 24.3 Å². The molecule has 0 spiro atoms. The number of amides is 1. The molecular formula is C22H27NO4. The number of carbonyl (C=O) groups is 2. The maximum Gasteiger partial charge on any atom is 0.338 e. The zero-order chi connectivity index (χ0) is 19.6. The van der Waals surface area contributed by atoms with E-state index in [4.69, 9.17) is 9.47 Å². The summed E-state index contributed by atoms with van der Waals surface area (Å²) in [4.78, 5) is 24.4. The lowest BCUT2D eigenvalue weighted by molar-refractivity contribution is -0.122. The van der Waals surface area contributed by atoms with E-state index < -0.39 is 6.10 Å². The van der Waals surface area contributed by atoms with Crippen LogP contribution in [-0.4, -0.2) is 24.6 Å². The number of carbonyl (C=O) groups excluding carboxylic acids is 2. The Balaban J connectivity index is 1.94. The molecule has 1 amide bonds. The minimum atomic E-state index is -0.592. The Morgan fingerprint density at radius 3 is 2.44 bits per heavy atom. The summed E-state index contributed by atoms with van der Waals surface area (Å²) in [6.07, 6.45) is 1.77. The van der Waals surface area contributed by atoms with E-state index in [2.05, 4.69) is 5.32 Å². The number of anilines is 1. The molecule has 0 bridgehead atoms. The molecule has 2 aromatic rings. The van der Waals surface area contributed by atoms with Gasteiger partial charge in [0.05, 0.1) is 12.2 Å². The zero-order valence-electron chi connectivity index (χ0n) is 16.2. The number of aryl methyl sites for hydroxylation is 1. The van der Waals surface area contributed by atoms with Gasteiger partial charge < -0.3 is 14.8 Å². The number of rotatable bonds is 9. The van der Waals surface area contributed by atoms with E-state index in [1.807, 2.05) is 45.0 Å². The smallest absolute Gasteiger partial charge is 0.338 e. The molecule has 5 nitrogen and oxygen atoms in total. The second kappa shape index (κ2) is 10.4. The van der Waals surface area contributed by atoms with Crippen molar-refractivity contribution in [2.75, 3.05) is 11.9 Å². The van der Waals surface area contributed by atoms with E-state index in [1.165, 1.54) is 0 Å². The molecule has 0 heterocycles. The Morgan fingerprint density at radius 2 is 1.81 bits per heavy atom. The molecule has 0 saturated heterocycles. The van der Waals surface area contributed by atoms with Crippen molar-refractivity contribution in [3.8, 4) is 5.75 Å². The largest absolute Gasteiger partial charge is 0.481 e. The second-order valence-electron chi connectivity index (χ2n) is 6.39. The van der Waals surface area contributed by atoms with Crippen molar-refractivity contribution in [2.45, 2.75) is 46.1 Å². The Hall–Kier alpha value is -2.82. The standard InChI is InChI=1S/C22H27NO4/c1-4-6-14-26-22(25)17-10-12-18(13-11-17)23-21(24)20(5-2)27-19-9-7-8-16(3)15-19/h7-13,15,20H,4-6,14H2,1-3H3,(H,23,24)/t20-/m0/s1. The maximum atomic E-state index is 12.5. The first-order valence-electron chi connectivity index (χ1n) is 9.34. The topological polar surface area (TPSA) is 64.6 Å². The van der Waals surface area contributed by atoms with Crippen molar-refractivity contribution in [1.82, 2.24) is 0 Å². The van der Waals surface area contributed by atoms with Gasteiger partial charge in [-0.05, 0) is 61.7 Å². The number of ether oxygens (including phenoxy) is 2. The Kier molecular flexibility index (Phi) is 7.86. The normalized spacial score (nSPS) is 11.5. The van der Waals surface area contributed by atoms with Gasteiger partial charge in [0, 0.05) is 5.69 Å². The van der Waals surface area contributed by atoms with Crippen LogP contribution in [0.15, 0.2) is 48.5 Å². The number of hydrogen-bond donors (Lipinski definition) is 1. The van der Waals surface area contributed by atoms with Gasteiger partial charge >= 0.3 is 5.97 Å². The van der Waals surface area contributed by atoms with Crippen molar-refractivity contribution < 1.29 is 19.1 Å².